The molecule has 0 aliphatic rings. The third-order valence-corrected chi connectivity index (χ3v) is 1.30. The summed E-state index contributed by atoms with van der Waals surface area (Å²) in [5.74, 6) is 4.65. The normalized spacial score (nSPS) is 10.4. The van der Waals surface area contributed by atoms with Crippen LogP contribution in [0.3, 0.4) is 0 Å². The number of alkyl halides is 3. The highest BCUT2D eigenvalue weighted by molar-refractivity contribution is 5.45. The van der Waals surface area contributed by atoms with E-state index < -0.39 is 6.36 Å². The molecule has 6 N–H and O–H groups in total. The molecule has 0 radical (unpaired) electrons. The van der Waals surface area contributed by atoms with Crippen molar-refractivity contribution in [2.75, 3.05) is 5.43 Å². The molecular formula is C7H10F3N3O2. The zero-order valence-electron chi connectivity index (χ0n) is 7.43. The van der Waals surface area contributed by atoms with Crippen LogP contribution in [0.25, 0.3) is 0 Å². The van der Waals surface area contributed by atoms with E-state index in [9.17, 15) is 13.2 Å². The smallest absolute Gasteiger partial charge is 0.412 e. The number of hydrogen-bond donors (Lipinski definition) is 3. The number of halogens is 3. The Labute approximate surface area is 83.3 Å². The van der Waals surface area contributed by atoms with E-state index in [1.807, 2.05) is 0 Å². The average Bonchev–Trinajstić information content (AvgIpc) is 2.06. The van der Waals surface area contributed by atoms with Crippen LogP contribution in [0.1, 0.15) is 0 Å². The molecule has 5 nitrogen and oxygen atoms in total. The summed E-state index contributed by atoms with van der Waals surface area (Å²) in [6, 6.07) is 5.13. The lowest BCUT2D eigenvalue weighted by atomic mass is 10.3. The van der Waals surface area contributed by atoms with E-state index in [-0.39, 0.29) is 11.2 Å². The van der Waals surface area contributed by atoms with Gasteiger partial charge < -0.3 is 15.6 Å². The number of nitrogens with one attached hydrogen (secondary N) is 2. The third kappa shape index (κ3) is 5.05. The summed E-state index contributed by atoms with van der Waals surface area (Å²) in [7, 11) is 0. The van der Waals surface area contributed by atoms with Gasteiger partial charge in [0.25, 0.3) is 0 Å². The van der Waals surface area contributed by atoms with E-state index in [0.29, 0.717) is 5.69 Å². The Kier molecular flexibility index (Phi) is 4.85. The summed E-state index contributed by atoms with van der Waals surface area (Å²) in [6.45, 7) is 0. The van der Waals surface area contributed by atoms with Gasteiger partial charge in [-0.15, -0.1) is 13.2 Å². The van der Waals surface area contributed by atoms with Crippen molar-refractivity contribution in [3.05, 3.63) is 24.3 Å². The topological polar surface area (TPSA) is 90.8 Å². The summed E-state index contributed by atoms with van der Waals surface area (Å²) in [4.78, 5) is 0. The lowest BCUT2D eigenvalue weighted by Crippen LogP contribution is -2.28. The van der Waals surface area contributed by atoms with Gasteiger partial charge in [0.2, 0.25) is 0 Å². The quantitative estimate of drug-likeness (QED) is 0.517. The van der Waals surface area contributed by atoms with Gasteiger partial charge in [-0.1, -0.05) is 0 Å². The molecule has 1 rings (SSSR count). The molecule has 0 unspecified atom stereocenters. The predicted octanol–water partition coefficient (Wildman–Crippen LogP) is 0.551. The van der Waals surface area contributed by atoms with E-state index in [1.165, 1.54) is 24.3 Å². The summed E-state index contributed by atoms with van der Waals surface area (Å²) < 4.78 is 38.8. The maximum absolute atomic E-state index is 11.7. The van der Waals surface area contributed by atoms with Crippen LogP contribution >= 0.6 is 0 Å². The van der Waals surface area contributed by atoms with Crippen LogP contribution < -0.4 is 21.5 Å². The molecule has 0 aliphatic heterocycles. The first-order valence-corrected chi connectivity index (χ1v) is 3.59. The first kappa shape index (κ1) is 13.5. The van der Waals surface area contributed by atoms with Crippen LogP contribution in [0, 0.1) is 0 Å². The van der Waals surface area contributed by atoms with Crippen molar-refractivity contribution in [2.24, 2.45) is 5.84 Å². The van der Waals surface area contributed by atoms with Crippen LogP contribution in [0.4, 0.5) is 18.9 Å². The number of ether oxygens (including phenoxy) is 1. The monoisotopic (exact) mass is 225 g/mol. The van der Waals surface area contributed by atoms with Gasteiger partial charge in [-0.25, -0.2) is 0 Å². The van der Waals surface area contributed by atoms with E-state index in [2.05, 4.69) is 15.7 Å². The van der Waals surface area contributed by atoms with Crippen molar-refractivity contribution in [3.8, 4) is 5.75 Å². The lowest BCUT2D eigenvalue weighted by Gasteiger charge is -2.09. The van der Waals surface area contributed by atoms with Crippen LogP contribution in [0.5, 0.6) is 5.75 Å². The minimum atomic E-state index is -4.67. The van der Waals surface area contributed by atoms with E-state index in [1.54, 1.807) is 0 Å². The molecule has 0 aliphatic carbocycles. The largest absolute Gasteiger partial charge is 0.573 e. The Morgan fingerprint density at radius 1 is 1.13 bits per heavy atom. The third-order valence-electron chi connectivity index (χ3n) is 1.30. The fourth-order valence-electron chi connectivity index (χ4n) is 0.823. The van der Waals surface area contributed by atoms with Crippen molar-refractivity contribution < 1.29 is 23.4 Å². The van der Waals surface area contributed by atoms with Gasteiger partial charge in [0.05, 0.1) is 5.69 Å². The Bertz CT molecular complexity index is 289. The van der Waals surface area contributed by atoms with Crippen molar-refractivity contribution in [1.82, 2.24) is 5.53 Å². The second-order valence-electron chi connectivity index (χ2n) is 2.34. The fraction of sp³-hybridized carbons (Fsp3) is 0.143. The van der Waals surface area contributed by atoms with Gasteiger partial charge in [0.1, 0.15) is 5.75 Å². The van der Waals surface area contributed by atoms with Crippen molar-refractivity contribution >= 4 is 5.69 Å². The van der Waals surface area contributed by atoms with E-state index in [4.69, 9.17) is 5.84 Å². The number of anilines is 1. The summed E-state index contributed by atoms with van der Waals surface area (Å²) in [6.07, 6.45) is -4.67. The van der Waals surface area contributed by atoms with Gasteiger partial charge in [0.15, 0.2) is 0 Å². The van der Waals surface area contributed by atoms with Gasteiger partial charge >= 0.3 is 6.36 Å². The predicted molar refractivity (Wildman–Crippen MR) is 47.7 cm³/mol. The molecule has 0 heterocycles. The second kappa shape index (κ2) is 5.39. The Morgan fingerprint density at radius 3 is 2.07 bits per heavy atom. The second-order valence-corrected chi connectivity index (χ2v) is 2.34. The lowest BCUT2D eigenvalue weighted by molar-refractivity contribution is -0.274. The Hall–Kier alpha value is -1.51. The zero-order valence-corrected chi connectivity index (χ0v) is 7.43. The molecule has 0 bridgehead atoms. The fourth-order valence-corrected chi connectivity index (χ4v) is 0.823. The number of nitrogens with two attached hydrogens (primary N) is 1. The molecule has 8 heteroatoms. The van der Waals surface area contributed by atoms with Crippen LogP contribution in [0.2, 0.25) is 0 Å². The molecule has 0 saturated carbocycles. The highest BCUT2D eigenvalue weighted by Crippen LogP contribution is 2.23. The molecule has 86 valence electrons. The highest BCUT2D eigenvalue weighted by atomic mass is 19.4. The van der Waals surface area contributed by atoms with Crippen molar-refractivity contribution in [3.63, 3.8) is 0 Å². The summed E-state index contributed by atoms with van der Waals surface area (Å²) in [5.41, 5.74) is 5.16. The SMILES string of the molecule is NNNc1ccc(OC(F)(F)F)cc1.O. The van der Waals surface area contributed by atoms with Crippen molar-refractivity contribution in [2.45, 2.75) is 6.36 Å². The number of hydrazine groups is 2. The molecule has 0 fully saturated rings. The number of benzene rings is 1. The maximum atomic E-state index is 11.7. The van der Waals surface area contributed by atoms with E-state index in [0.717, 1.165) is 0 Å². The van der Waals surface area contributed by atoms with Crippen LogP contribution in [-0.4, -0.2) is 11.8 Å². The van der Waals surface area contributed by atoms with Crippen LogP contribution in [-0.2, 0) is 0 Å². The first-order valence-electron chi connectivity index (χ1n) is 3.59. The Balaban J connectivity index is 0.00000196. The van der Waals surface area contributed by atoms with Crippen LogP contribution in [0.15, 0.2) is 24.3 Å². The molecule has 1 aromatic carbocycles. The van der Waals surface area contributed by atoms with Gasteiger partial charge in [-0.05, 0) is 24.3 Å². The highest BCUT2D eigenvalue weighted by Gasteiger charge is 2.30. The molecule has 0 amide bonds. The molecule has 0 spiro atoms. The standard InChI is InChI=1S/C7H8F3N3O.H2O/c8-7(9,10)14-6-3-1-5(2-4-6)12-13-11;/h1-4,12-13H,11H2;1H2. The molecular weight excluding hydrogens is 215 g/mol. The molecule has 0 aromatic heterocycles. The van der Waals surface area contributed by atoms with Gasteiger partial charge in [-0.3, -0.25) is 5.84 Å². The molecule has 1 aromatic rings. The first-order chi connectivity index (χ1) is 6.51. The van der Waals surface area contributed by atoms with Gasteiger partial charge in [-0.2, -0.15) is 5.53 Å². The maximum Gasteiger partial charge on any atom is 0.573 e. The van der Waals surface area contributed by atoms with E-state index >= 15 is 0 Å². The minimum absolute atomic E-state index is 0. The summed E-state index contributed by atoms with van der Waals surface area (Å²) >= 11 is 0. The zero-order chi connectivity index (χ0) is 10.6. The van der Waals surface area contributed by atoms with Gasteiger partial charge in [0, 0.05) is 0 Å². The summed E-state index contributed by atoms with van der Waals surface area (Å²) in [5, 5.41) is 0. The number of hydrogen-bond acceptors (Lipinski definition) is 4. The Morgan fingerprint density at radius 2 is 1.67 bits per heavy atom. The average molecular weight is 225 g/mol. The number of rotatable bonds is 3. The molecule has 0 saturated heterocycles. The van der Waals surface area contributed by atoms with Crippen molar-refractivity contribution in [1.29, 1.82) is 0 Å². The molecule has 0 atom stereocenters. The molecule has 15 heavy (non-hydrogen) atoms. The minimum Gasteiger partial charge on any atom is -0.412 e.